The molecule has 102 valence electrons. The standard InChI is InChI=1S/C14H22O4/c1-7-13(3,4)9-11(15)17-18-12(16)10-14(5,6)8-2/h7-8H,1-2,9-10H2,3-6H3. The van der Waals surface area contributed by atoms with Gasteiger partial charge in [-0.2, -0.15) is 0 Å². The fraction of sp³-hybridized carbons (Fsp3) is 0.571. The highest BCUT2D eigenvalue weighted by Crippen LogP contribution is 2.23. The molecule has 0 spiro atoms. The van der Waals surface area contributed by atoms with Crippen molar-refractivity contribution in [1.29, 1.82) is 0 Å². The third kappa shape index (κ3) is 6.89. The van der Waals surface area contributed by atoms with E-state index in [1.54, 1.807) is 12.2 Å². The molecule has 4 nitrogen and oxygen atoms in total. The van der Waals surface area contributed by atoms with Crippen LogP contribution in [0, 0.1) is 10.8 Å². The molecule has 0 aliphatic rings. The summed E-state index contributed by atoms with van der Waals surface area (Å²) in [5, 5.41) is 0. The largest absolute Gasteiger partial charge is 0.356 e. The fourth-order valence-corrected chi connectivity index (χ4v) is 1.04. The number of rotatable bonds is 6. The van der Waals surface area contributed by atoms with Gasteiger partial charge in [-0.25, -0.2) is 19.4 Å². The lowest BCUT2D eigenvalue weighted by Crippen LogP contribution is -2.21. The average molecular weight is 254 g/mol. The van der Waals surface area contributed by atoms with Crippen molar-refractivity contribution in [2.45, 2.75) is 40.5 Å². The Labute approximate surface area is 109 Å². The second kappa shape index (κ2) is 6.38. The molecule has 0 aromatic carbocycles. The smallest absolute Gasteiger partial charge is 0.247 e. The summed E-state index contributed by atoms with van der Waals surface area (Å²) >= 11 is 0. The normalized spacial score (nSPS) is 11.6. The van der Waals surface area contributed by atoms with E-state index in [1.165, 1.54) is 0 Å². The van der Waals surface area contributed by atoms with Crippen molar-refractivity contribution in [3.8, 4) is 0 Å². The van der Waals surface area contributed by atoms with Crippen LogP contribution in [0.1, 0.15) is 40.5 Å². The van der Waals surface area contributed by atoms with Crippen LogP contribution in [0.5, 0.6) is 0 Å². The van der Waals surface area contributed by atoms with Crippen LogP contribution in [-0.4, -0.2) is 11.9 Å². The SMILES string of the molecule is C=CC(C)(C)CC(=O)OOC(=O)CC(C)(C)C=C. The van der Waals surface area contributed by atoms with Crippen molar-refractivity contribution in [3.05, 3.63) is 25.3 Å². The third-order valence-corrected chi connectivity index (χ3v) is 2.53. The molecule has 0 aromatic rings. The molecule has 0 unspecified atom stereocenters. The molecule has 0 aliphatic heterocycles. The lowest BCUT2D eigenvalue weighted by atomic mass is 9.90. The molecule has 0 amide bonds. The van der Waals surface area contributed by atoms with Gasteiger partial charge in [0.25, 0.3) is 0 Å². The molecular weight excluding hydrogens is 232 g/mol. The first-order chi connectivity index (χ1) is 8.12. The lowest BCUT2D eigenvalue weighted by Gasteiger charge is -2.18. The molecule has 0 aliphatic carbocycles. The van der Waals surface area contributed by atoms with Crippen LogP contribution in [0.3, 0.4) is 0 Å². The average Bonchev–Trinajstić information content (AvgIpc) is 2.25. The Balaban J connectivity index is 4.11. The van der Waals surface area contributed by atoms with E-state index < -0.39 is 11.9 Å². The van der Waals surface area contributed by atoms with Gasteiger partial charge in [0.05, 0.1) is 12.8 Å². The van der Waals surface area contributed by atoms with E-state index in [2.05, 4.69) is 22.9 Å². The Morgan fingerprint density at radius 3 is 1.39 bits per heavy atom. The highest BCUT2D eigenvalue weighted by Gasteiger charge is 2.23. The van der Waals surface area contributed by atoms with Crippen LogP contribution in [-0.2, 0) is 19.4 Å². The Kier molecular flexibility index (Phi) is 5.82. The first-order valence-corrected chi connectivity index (χ1v) is 5.79. The molecule has 0 saturated carbocycles. The number of hydrogen-bond donors (Lipinski definition) is 0. The van der Waals surface area contributed by atoms with Gasteiger partial charge in [-0.15, -0.1) is 13.2 Å². The van der Waals surface area contributed by atoms with Crippen molar-refractivity contribution < 1.29 is 19.4 Å². The summed E-state index contributed by atoms with van der Waals surface area (Å²) in [7, 11) is 0. The predicted octanol–water partition coefficient (Wildman–Crippen LogP) is 3.19. The molecule has 0 atom stereocenters. The highest BCUT2D eigenvalue weighted by molar-refractivity contribution is 5.73. The molecule has 0 fully saturated rings. The molecule has 0 rings (SSSR count). The summed E-state index contributed by atoms with van der Waals surface area (Å²) in [6.07, 6.45) is 3.51. The summed E-state index contributed by atoms with van der Waals surface area (Å²) in [6.45, 7) is 14.6. The Morgan fingerprint density at radius 1 is 0.889 bits per heavy atom. The lowest BCUT2D eigenvalue weighted by molar-refractivity contribution is -0.261. The van der Waals surface area contributed by atoms with Crippen molar-refractivity contribution in [2.24, 2.45) is 10.8 Å². The van der Waals surface area contributed by atoms with E-state index in [1.807, 2.05) is 27.7 Å². The van der Waals surface area contributed by atoms with Gasteiger partial charge in [-0.1, -0.05) is 39.8 Å². The van der Waals surface area contributed by atoms with Crippen LogP contribution in [0.2, 0.25) is 0 Å². The third-order valence-electron chi connectivity index (χ3n) is 2.53. The zero-order chi connectivity index (χ0) is 14.4. The zero-order valence-electron chi connectivity index (χ0n) is 11.6. The fourth-order valence-electron chi connectivity index (χ4n) is 1.04. The summed E-state index contributed by atoms with van der Waals surface area (Å²) in [5.74, 6) is -1.19. The molecule has 4 heteroatoms. The van der Waals surface area contributed by atoms with Crippen LogP contribution in [0.25, 0.3) is 0 Å². The summed E-state index contributed by atoms with van der Waals surface area (Å²) in [6, 6.07) is 0. The number of hydrogen-bond acceptors (Lipinski definition) is 4. The first kappa shape index (κ1) is 16.4. The van der Waals surface area contributed by atoms with E-state index >= 15 is 0 Å². The molecule has 0 bridgehead atoms. The predicted molar refractivity (Wildman–Crippen MR) is 69.4 cm³/mol. The maximum Gasteiger partial charge on any atom is 0.356 e. The highest BCUT2D eigenvalue weighted by atomic mass is 17.2. The van der Waals surface area contributed by atoms with Gasteiger partial charge in [0, 0.05) is 0 Å². The minimum atomic E-state index is -0.593. The summed E-state index contributed by atoms with van der Waals surface area (Å²) < 4.78 is 0. The second-order valence-electron chi connectivity index (χ2n) is 5.65. The van der Waals surface area contributed by atoms with Crippen molar-refractivity contribution in [3.63, 3.8) is 0 Å². The van der Waals surface area contributed by atoms with E-state index in [-0.39, 0.29) is 23.7 Å². The van der Waals surface area contributed by atoms with Gasteiger partial charge in [0.1, 0.15) is 0 Å². The Bertz CT molecular complexity index is 306. The monoisotopic (exact) mass is 254 g/mol. The second-order valence-corrected chi connectivity index (χ2v) is 5.65. The van der Waals surface area contributed by atoms with E-state index in [0.717, 1.165) is 0 Å². The van der Waals surface area contributed by atoms with Crippen molar-refractivity contribution in [1.82, 2.24) is 0 Å². The Morgan fingerprint density at radius 2 is 1.17 bits per heavy atom. The van der Waals surface area contributed by atoms with Crippen LogP contribution < -0.4 is 0 Å². The van der Waals surface area contributed by atoms with E-state index in [4.69, 9.17) is 0 Å². The number of allylic oxidation sites excluding steroid dienone is 2. The van der Waals surface area contributed by atoms with Gasteiger partial charge >= 0.3 is 11.9 Å². The number of carbonyl (C=O) groups excluding carboxylic acids is 2. The van der Waals surface area contributed by atoms with E-state index in [0.29, 0.717) is 0 Å². The quantitative estimate of drug-likeness (QED) is 0.415. The minimum Gasteiger partial charge on any atom is -0.247 e. The minimum absolute atomic E-state index is 0.106. The summed E-state index contributed by atoms with van der Waals surface area (Å²) in [5.41, 5.74) is -0.770. The molecule has 0 N–H and O–H groups in total. The van der Waals surface area contributed by atoms with Crippen molar-refractivity contribution >= 4 is 11.9 Å². The maximum atomic E-state index is 11.4. The van der Waals surface area contributed by atoms with Gasteiger partial charge in [0.15, 0.2) is 0 Å². The number of carbonyl (C=O) groups is 2. The molecule has 18 heavy (non-hydrogen) atoms. The van der Waals surface area contributed by atoms with Crippen LogP contribution >= 0.6 is 0 Å². The van der Waals surface area contributed by atoms with Gasteiger partial charge in [-0.05, 0) is 10.8 Å². The molecule has 0 radical (unpaired) electrons. The maximum absolute atomic E-state index is 11.4. The van der Waals surface area contributed by atoms with Gasteiger partial charge < -0.3 is 0 Å². The van der Waals surface area contributed by atoms with Gasteiger partial charge in [0.2, 0.25) is 0 Å². The zero-order valence-corrected chi connectivity index (χ0v) is 11.6. The molecule has 0 aromatic heterocycles. The van der Waals surface area contributed by atoms with Crippen LogP contribution in [0.15, 0.2) is 25.3 Å². The summed E-state index contributed by atoms with van der Waals surface area (Å²) in [4.78, 5) is 31.7. The van der Waals surface area contributed by atoms with E-state index in [9.17, 15) is 9.59 Å². The molecule has 0 heterocycles. The first-order valence-electron chi connectivity index (χ1n) is 5.79. The van der Waals surface area contributed by atoms with Crippen LogP contribution in [0.4, 0.5) is 0 Å². The Hall–Kier alpha value is -1.58. The van der Waals surface area contributed by atoms with Crippen molar-refractivity contribution in [2.75, 3.05) is 0 Å². The molecular formula is C14H22O4. The topological polar surface area (TPSA) is 52.6 Å². The molecule has 0 saturated heterocycles. The van der Waals surface area contributed by atoms with Gasteiger partial charge in [-0.3, -0.25) is 0 Å².